The average molecular weight is 272 g/mol. The molecular formula is C16H24N4. The van der Waals surface area contributed by atoms with Crippen LogP contribution in [0.4, 0.5) is 0 Å². The fourth-order valence-corrected chi connectivity index (χ4v) is 3.27. The van der Waals surface area contributed by atoms with Crippen LogP contribution in [-0.2, 0) is 6.54 Å². The monoisotopic (exact) mass is 272 g/mol. The first-order valence-corrected chi connectivity index (χ1v) is 7.66. The van der Waals surface area contributed by atoms with E-state index in [1.807, 2.05) is 18.2 Å². The Morgan fingerprint density at radius 1 is 1.15 bits per heavy atom. The van der Waals surface area contributed by atoms with Gasteiger partial charge < -0.3 is 10.6 Å². The molecule has 20 heavy (non-hydrogen) atoms. The van der Waals surface area contributed by atoms with Gasteiger partial charge in [0.15, 0.2) is 5.96 Å². The van der Waals surface area contributed by atoms with E-state index in [9.17, 15) is 0 Å². The summed E-state index contributed by atoms with van der Waals surface area (Å²) in [6.45, 7) is 5.24. The van der Waals surface area contributed by atoms with Crippen LogP contribution in [0.2, 0.25) is 0 Å². The largest absolute Gasteiger partial charge is 0.370 e. The van der Waals surface area contributed by atoms with E-state index >= 15 is 0 Å². The molecular weight excluding hydrogens is 248 g/mol. The molecule has 0 spiro atoms. The van der Waals surface area contributed by atoms with Gasteiger partial charge in [-0.1, -0.05) is 30.3 Å². The van der Waals surface area contributed by atoms with Crippen LogP contribution in [0.25, 0.3) is 0 Å². The van der Waals surface area contributed by atoms with Crippen molar-refractivity contribution in [3.05, 3.63) is 35.9 Å². The third-order valence-electron chi connectivity index (χ3n) is 4.39. The average Bonchev–Trinajstić information content (AvgIpc) is 2.83. The summed E-state index contributed by atoms with van der Waals surface area (Å²) in [4.78, 5) is 9.47. The topological polar surface area (TPSA) is 44.9 Å². The van der Waals surface area contributed by atoms with Gasteiger partial charge in [0, 0.05) is 25.7 Å². The lowest BCUT2D eigenvalue weighted by atomic mass is 10.2. The molecule has 0 aliphatic carbocycles. The minimum atomic E-state index is 0.678. The van der Waals surface area contributed by atoms with Gasteiger partial charge in [0.1, 0.15) is 0 Å². The highest BCUT2D eigenvalue weighted by Crippen LogP contribution is 2.21. The van der Waals surface area contributed by atoms with Gasteiger partial charge in [-0.3, -0.25) is 4.90 Å². The maximum Gasteiger partial charge on any atom is 0.191 e. The first-order valence-electron chi connectivity index (χ1n) is 7.66. The second kappa shape index (κ2) is 6.27. The maximum atomic E-state index is 6.21. The number of hydrogen-bond donors (Lipinski definition) is 1. The van der Waals surface area contributed by atoms with E-state index in [0.717, 1.165) is 13.1 Å². The molecule has 0 bridgehead atoms. The zero-order valence-corrected chi connectivity index (χ0v) is 12.0. The van der Waals surface area contributed by atoms with Gasteiger partial charge >= 0.3 is 0 Å². The Labute approximate surface area is 121 Å². The molecule has 2 N–H and O–H groups in total. The lowest BCUT2D eigenvalue weighted by Crippen LogP contribution is -2.43. The number of aliphatic imine (C=N–C) groups is 1. The van der Waals surface area contributed by atoms with E-state index in [1.54, 1.807) is 0 Å². The molecule has 0 saturated carbocycles. The molecule has 4 nitrogen and oxygen atoms in total. The molecule has 3 rings (SSSR count). The van der Waals surface area contributed by atoms with Crippen LogP contribution in [0.5, 0.6) is 0 Å². The van der Waals surface area contributed by atoms with Gasteiger partial charge in [-0.2, -0.15) is 0 Å². The van der Waals surface area contributed by atoms with Crippen molar-refractivity contribution in [2.24, 2.45) is 10.7 Å². The molecule has 0 aromatic heterocycles. The second-order valence-electron chi connectivity index (χ2n) is 5.79. The Hall–Kier alpha value is -1.55. The molecule has 0 amide bonds. The van der Waals surface area contributed by atoms with Crippen LogP contribution >= 0.6 is 0 Å². The van der Waals surface area contributed by atoms with Crippen molar-refractivity contribution in [2.75, 3.05) is 26.2 Å². The number of guanidine groups is 1. The number of nitrogens with zero attached hydrogens (tertiary/aromatic N) is 3. The highest BCUT2D eigenvalue weighted by molar-refractivity contribution is 5.78. The van der Waals surface area contributed by atoms with Gasteiger partial charge in [-0.25, -0.2) is 4.99 Å². The minimum Gasteiger partial charge on any atom is -0.370 e. The molecule has 1 aromatic rings. The Bertz CT molecular complexity index is 457. The second-order valence-corrected chi connectivity index (χ2v) is 5.79. The van der Waals surface area contributed by atoms with Gasteiger partial charge in [0.2, 0.25) is 0 Å². The normalized spacial score (nSPS) is 24.5. The third-order valence-corrected chi connectivity index (χ3v) is 4.39. The molecule has 2 saturated heterocycles. The first kappa shape index (κ1) is 13.4. The van der Waals surface area contributed by atoms with Crippen molar-refractivity contribution >= 4 is 5.96 Å². The summed E-state index contributed by atoms with van der Waals surface area (Å²) in [6.07, 6.45) is 3.83. The summed E-state index contributed by atoms with van der Waals surface area (Å²) in [5.41, 5.74) is 7.42. The summed E-state index contributed by atoms with van der Waals surface area (Å²) in [6, 6.07) is 11.0. The van der Waals surface area contributed by atoms with Gasteiger partial charge in [-0.05, 0) is 31.4 Å². The Balaban J connectivity index is 1.62. The van der Waals surface area contributed by atoms with Crippen LogP contribution in [-0.4, -0.2) is 48.0 Å². The summed E-state index contributed by atoms with van der Waals surface area (Å²) in [5, 5.41) is 0. The molecule has 2 aliphatic heterocycles. The summed E-state index contributed by atoms with van der Waals surface area (Å²) in [5.74, 6) is 0.711. The molecule has 0 radical (unpaired) electrons. The van der Waals surface area contributed by atoms with E-state index in [2.05, 4.69) is 26.9 Å². The SMILES string of the molecule is NC(=NCc1ccccc1)N1CCCN2CCCC2C1. The van der Waals surface area contributed by atoms with Gasteiger partial charge in [0.05, 0.1) is 6.54 Å². The van der Waals surface area contributed by atoms with E-state index in [0.29, 0.717) is 18.5 Å². The van der Waals surface area contributed by atoms with Crippen LogP contribution in [0.15, 0.2) is 35.3 Å². The van der Waals surface area contributed by atoms with Crippen LogP contribution in [0, 0.1) is 0 Å². The number of rotatable bonds is 2. The molecule has 2 aliphatic rings. The lowest BCUT2D eigenvalue weighted by Gasteiger charge is -2.26. The Morgan fingerprint density at radius 3 is 2.80 bits per heavy atom. The number of fused-ring (bicyclic) bond motifs is 1. The van der Waals surface area contributed by atoms with Crippen molar-refractivity contribution in [3.63, 3.8) is 0 Å². The zero-order valence-electron chi connectivity index (χ0n) is 12.0. The quantitative estimate of drug-likeness (QED) is 0.658. The Kier molecular flexibility index (Phi) is 4.21. The van der Waals surface area contributed by atoms with Crippen molar-refractivity contribution in [1.82, 2.24) is 9.80 Å². The summed E-state index contributed by atoms with van der Waals surface area (Å²) < 4.78 is 0. The molecule has 2 heterocycles. The van der Waals surface area contributed by atoms with E-state index in [4.69, 9.17) is 5.73 Å². The van der Waals surface area contributed by atoms with Gasteiger partial charge in [-0.15, -0.1) is 0 Å². The molecule has 1 atom stereocenters. The molecule has 1 unspecified atom stereocenters. The van der Waals surface area contributed by atoms with Crippen LogP contribution in [0.1, 0.15) is 24.8 Å². The minimum absolute atomic E-state index is 0.678. The highest BCUT2D eigenvalue weighted by Gasteiger charge is 2.29. The van der Waals surface area contributed by atoms with E-state index in [-0.39, 0.29) is 0 Å². The van der Waals surface area contributed by atoms with E-state index < -0.39 is 0 Å². The number of nitrogens with two attached hydrogens (primary N) is 1. The molecule has 108 valence electrons. The highest BCUT2D eigenvalue weighted by atomic mass is 15.3. The van der Waals surface area contributed by atoms with Crippen LogP contribution in [0.3, 0.4) is 0 Å². The van der Waals surface area contributed by atoms with Crippen molar-refractivity contribution in [3.8, 4) is 0 Å². The van der Waals surface area contributed by atoms with Crippen molar-refractivity contribution in [1.29, 1.82) is 0 Å². The standard InChI is InChI=1S/C16H24N4/c17-16(18-12-14-6-2-1-3-7-14)20-11-5-10-19-9-4-8-15(19)13-20/h1-3,6-7,15H,4-5,8-13H2,(H2,17,18). The maximum absolute atomic E-state index is 6.21. The predicted octanol–water partition coefficient (Wildman–Crippen LogP) is 1.67. The smallest absolute Gasteiger partial charge is 0.191 e. The fourth-order valence-electron chi connectivity index (χ4n) is 3.27. The molecule has 2 fully saturated rings. The molecule has 4 heteroatoms. The van der Waals surface area contributed by atoms with Crippen LogP contribution < -0.4 is 5.73 Å². The Morgan fingerprint density at radius 2 is 1.95 bits per heavy atom. The van der Waals surface area contributed by atoms with Gasteiger partial charge in [0.25, 0.3) is 0 Å². The fraction of sp³-hybridized carbons (Fsp3) is 0.562. The zero-order chi connectivity index (χ0) is 13.8. The summed E-state index contributed by atoms with van der Waals surface area (Å²) >= 11 is 0. The third kappa shape index (κ3) is 3.12. The van der Waals surface area contributed by atoms with Crippen molar-refractivity contribution in [2.45, 2.75) is 31.8 Å². The lowest BCUT2D eigenvalue weighted by molar-refractivity contribution is 0.255. The number of benzene rings is 1. The predicted molar refractivity (Wildman–Crippen MR) is 82.6 cm³/mol. The number of hydrogen-bond acceptors (Lipinski definition) is 2. The molecule has 1 aromatic carbocycles. The van der Waals surface area contributed by atoms with E-state index in [1.165, 1.54) is 37.9 Å². The van der Waals surface area contributed by atoms with Crippen molar-refractivity contribution < 1.29 is 0 Å². The first-order chi connectivity index (χ1) is 9.83. The summed E-state index contributed by atoms with van der Waals surface area (Å²) in [7, 11) is 0.